The van der Waals surface area contributed by atoms with Crippen LogP contribution in [0, 0.1) is 0 Å². The van der Waals surface area contributed by atoms with Crippen LogP contribution in [0.3, 0.4) is 0 Å². The summed E-state index contributed by atoms with van der Waals surface area (Å²) in [5.41, 5.74) is 5.47. The first-order chi connectivity index (χ1) is 9.70. The van der Waals surface area contributed by atoms with Crippen molar-refractivity contribution in [1.29, 1.82) is 0 Å². The van der Waals surface area contributed by atoms with Gasteiger partial charge in [0.2, 0.25) is 0 Å². The summed E-state index contributed by atoms with van der Waals surface area (Å²) in [6.45, 7) is 4.91. The van der Waals surface area contributed by atoms with Gasteiger partial charge >= 0.3 is 0 Å². The zero-order chi connectivity index (χ0) is 14.4. The maximum Gasteiger partial charge on any atom is 0.274 e. The third-order valence-electron chi connectivity index (χ3n) is 3.49. The summed E-state index contributed by atoms with van der Waals surface area (Å²) < 4.78 is 0. The Bertz CT molecular complexity index is 473. The van der Waals surface area contributed by atoms with Crippen LogP contribution in [0.5, 0.6) is 0 Å². The van der Waals surface area contributed by atoms with Gasteiger partial charge < -0.3 is 10.6 Å². The maximum absolute atomic E-state index is 12.2. The molecule has 1 aliphatic rings. The molecule has 7 heteroatoms. The Hall–Kier alpha value is -1.73. The summed E-state index contributed by atoms with van der Waals surface area (Å²) >= 11 is 0. The van der Waals surface area contributed by atoms with E-state index in [0.717, 1.165) is 39.0 Å². The quantitative estimate of drug-likeness (QED) is 0.693. The van der Waals surface area contributed by atoms with Crippen molar-refractivity contribution in [3.63, 3.8) is 0 Å². The van der Waals surface area contributed by atoms with Crippen LogP contribution >= 0.6 is 0 Å². The molecule has 0 saturated carbocycles. The lowest BCUT2D eigenvalue weighted by molar-refractivity contribution is 0.0628. The van der Waals surface area contributed by atoms with Crippen molar-refractivity contribution in [3.8, 4) is 0 Å². The van der Waals surface area contributed by atoms with Crippen molar-refractivity contribution in [2.24, 2.45) is 5.73 Å². The van der Waals surface area contributed by atoms with Crippen molar-refractivity contribution < 1.29 is 4.79 Å². The fraction of sp³-hybridized carbons (Fsp3) is 0.615. The highest BCUT2D eigenvalue weighted by molar-refractivity contribution is 5.92. The van der Waals surface area contributed by atoms with Crippen LogP contribution in [0.2, 0.25) is 0 Å². The van der Waals surface area contributed by atoms with Crippen molar-refractivity contribution in [1.82, 2.24) is 20.0 Å². The normalized spacial score (nSPS) is 16.4. The van der Waals surface area contributed by atoms with Crippen LogP contribution in [0.15, 0.2) is 16.9 Å². The third kappa shape index (κ3) is 3.88. The van der Waals surface area contributed by atoms with Crippen molar-refractivity contribution >= 4 is 5.91 Å². The molecule has 3 N–H and O–H groups in total. The molecular formula is C13H21N5O2. The minimum Gasteiger partial charge on any atom is -0.335 e. The Morgan fingerprint density at radius 1 is 1.25 bits per heavy atom. The van der Waals surface area contributed by atoms with Crippen LogP contribution < -0.4 is 11.3 Å². The number of amides is 1. The van der Waals surface area contributed by atoms with Gasteiger partial charge in [-0.3, -0.25) is 14.5 Å². The second-order valence-corrected chi connectivity index (χ2v) is 4.94. The molecule has 1 aromatic rings. The number of H-pyrrole nitrogens is 1. The Labute approximate surface area is 117 Å². The first kappa shape index (κ1) is 14.7. The highest BCUT2D eigenvalue weighted by atomic mass is 16.2. The van der Waals surface area contributed by atoms with E-state index in [0.29, 0.717) is 18.8 Å². The smallest absolute Gasteiger partial charge is 0.274 e. The lowest BCUT2D eigenvalue weighted by atomic mass is 10.2. The summed E-state index contributed by atoms with van der Waals surface area (Å²) in [7, 11) is 0. The Morgan fingerprint density at radius 3 is 2.60 bits per heavy atom. The van der Waals surface area contributed by atoms with E-state index in [-0.39, 0.29) is 11.5 Å². The summed E-state index contributed by atoms with van der Waals surface area (Å²) in [5.74, 6) is -0.122. The summed E-state index contributed by atoms with van der Waals surface area (Å²) in [6.07, 6.45) is 2.15. The van der Waals surface area contributed by atoms with E-state index >= 15 is 0 Å². The minimum atomic E-state index is -0.300. The van der Waals surface area contributed by atoms with E-state index in [9.17, 15) is 9.59 Å². The van der Waals surface area contributed by atoms with E-state index in [1.54, 1.807) is 4.90 Å². The molecule has 1 aliphatic heterocycles. The monoisotopic (exact) mass is 279 g/mol. The Morgan fingerprint density at radius 2 is 2.00 bits per heavy atom. The van der Waals surface area contributed by atoms with Gasteiger partial charge in [0.1, 0.15) is 5.69 Å². The Kier molecular flexibility index (Phi) is 5.25. The molecule has 0 bridgehead atoms. The predicted octanol–water partition coefficient (Wildman–Crippen LogP) is -0.733. The van der Waals surface area contributed by atoms with E-state index in [2.05, 4.69) is 15.1 Å². The highest BCUT2D eigenvalue weighted by Gasteiger charge is 2.22. The number of aromatic amines is 1. The fourth-order valence-electron chi connectivity index (χ4n) is 2.28. The first-order valence-electron chi connectivity index (χ1n) is 6.98. The molecule has 110 valence electrons. The zero-order valence-corrected chi connectivity index (χ0v) is 11.5. The highest BCUT2D eigenvalue weighted by Crippen LogP contribution is 2.06. The molecule has 1 amide bonds. The fourth-order valence-corrected chi connectivity index (χ4v) is 2.28. The van der Waals surface area contributed by atoms with Gasteiger partial charge in [0, 0.05) is 32.2 Å². The molecule has 0 aromatic carbocycles. The molecule has 0 unspecified atom stereocenters. The molecule has 0 atom stereocenters. The average Bonchev–Trinajstić information content (AvgIpc) is 2.48. The van der Waals surface area contributed by atoms with Crippen molar-refractivity contribution in [2.45, 2.75) is 12.8 Å². The molecule has 1 fully saturated rings. The number of nitrogens with two attached hydrogens (primary N) is 1. The van der Waals surface area contributed by atoms with E-state index in [1.165, 1.54) is 12.1 Å². The number of unbranched alkanes of at least 4 members (excludes halogenated alkanes) is 1. The van der Waals surface area contributed by atoms with Crippen molar-refractivity contribution in [3.05, 3.63) is 28.2 Å². The van der Waals surface area contributed by atoms with Gasteiger partial charge in [0.25, 0.3) is 11.5 Å². The lowest BCUT2D eigenvalue weighted by Gasteiger charge is -2.34. The third-order valence-corrected chi connectivity index (χ3v) is 3.49. The van der Waals surface area contributed by atoms with Crippen LogP contribution in [0.25, 0.3) is 0 Å². The number of aromatic nitrogens is 2. The number of piperazine rings is 1. The Balaban J connectivity index is 1.82. The molecule has 0 aliphatic carbocycles. The summed E-state index contributed by atoms with van der Waals surface area (Å²) in [5, 5.41) is 6.06. The molecule has 0 spiro atoms. The molecular weight excluding hydrogens is 258 g/mol. The average molecular weight is 279 g/mol. The lowest BCUT2D eigenvalue weighted by Crippen LogP contribution is -2.49. The van der Waals surface area contributed by atoms with Crippen molar-refractivity contribution in [2.75, 3.05) is 39.3 Å². The second-order valence-electron chi connectivity index (χ2n) is 4.94. The van der Waals surface area contributed by atoms with E-state index < -0.39 is 0 Å². The number of hydrogen-bond donors (Lipinski definition) is 2. The molecule has 1 aromatic heterocycles. The number of nitrogens with zero attached hydrogens (tertiary/aromatic N) is 3. The van der Waals surface area contributed by atoms with Gasteiger partial charge in [-0.25, -0.2) is 5.10 Å². The van der Waals surface area contributed by atoms with Crippen LogP contribution in [-0.2, 0) is 0 Å². The van der Waals surface area contributed by atoms with E-state index in [1.807, 2.05) is 0 Å². The van der Waals surface area contributed by atoms with Crippen LogP contribution in [0.4, 0.5) is 0 Å². The largest absolute Gasteiger partial charge is 0.335 e. The predicted molar refractivity (Wildman–Crippen MR) is 75.5 cm³/mol. The first-order valence-corrected chi connectivity index (χ1v) is 6.98. The van der Waals surface area contributed by atoms with Gasteiger partial charge in [-0.15, -0.1) is 0 Å². The summed E-state index contributed by atoms with van der Waals surface area (Å²) in [4.78, 5) is 27.2. The van der Waals surface area contributed by atoms with Crippen LogP contribution in [-0.4, -0.2) is 65.2 Å². The van der Waals surface area contributed by atoms with Crippen LogP contribution in [0.1, 0.15) is 23.3 Å². The van der Waals surface area contributed by atoms with E-state index in [4.69, 9.17) is 5.73 Å². The minimum absolute atomic E-state index is 0.122. The molecule has 20 heavy (non-hydrogen) atoms. The molecule has 2 heterocycles. The van der Waals surface area contributed by atoms with Gasteiger partial charge in [-0.1, -0.05) is 0 Å². The molecule has 1 saturated heterocycles. The van der Waals surface area contributed by atoms with Gasteiger partial charge in [-0.05, 0) is 32.0 Å². The topological polar surface area (TPSA) is 95.3 Å². The van der Waals surface area contributed by atoms with Gasteiger partial charge in [0.15, 0.2) is 0 Å². The zero-order valence-electron chi connectivity index (χ0n) is 11.5. The number of nitrogens with one attached hydrogen (secondary N) is 1. The number of carbonyl (C=O) groups is 1. The summed E-state index contributed by atoms with van der Waals surface area (Å²) in [6, 6.07) is 2.79. The number of rotatable bonds is 5. The second kappa shape index (κ2) is 7.16. The molecule has 2 rings (SSSR count). The van der Waals surface area contributed by atoms with Gasteiger partial charge in [0.05, 0.1) is 0 Å². The SMILES string of the molecule is NCCCCN1CCN(C(=O)c2ccc(=O)[nH]n2)CC1. The number of hydrogen-bond acceptors (Lipinski definition) is 5. The standard InChI is InChI=1S/C13H21N5O2/c14-5-1-2-6-17-7-9-18(10-8-17)13(20)11-3-4-12(19)16-15-11/h3-4H,1-2,5-10,14H2,(H,16,19). The van der Waals surface area contributed by atoms with Gasteiger partial charge in [-0.2, -0.15) is 5.10 Å². The molecule has 0 radical (unpaired) electrons. The maximum atomic E-state index is 12.2. The number of carbonyl (C=O) groups excluding carboxylic acids is 1. The molecule has 7 nitrogen and oxygen atoms in total.